The number of ketones is 1. The summed E-state index contributed by atoms with van der Waals surface area (Å²) < 4.78 is 32.2. The van der Waals surface area contributed by atoms with Gasteiger partial charge in [-0.25, -0.2) is 4.79 Å². The summed E-state index contributed by atoms with van der Waals surface area (Å²) in [6.45, 7) is 3.89. The number of carbonyl (C=O) groups excluding carboxylic acids is 5. The second-order valence-corrected chi connectivity index (χ2v) is 8.73. The molecule has 1 saturated heterocycles. The number of hydrogen-bond acceptors (Lipinski definition) is 13. The quantitative estimate of drug-likeness (QED) is 0.196. The number of phenolic OH excluding ortho intramolecular Hbond substituents is 1. The minimum Gasteiger partial charge on any atom is -0.507 e. The molecule has 1 fully saturated rings. The second kappa shape index (κ2) is 13.0. The van der Waals surface area contributed by atoms with Crippen LogP contribution >= 0.6 is 0 Å². The Morgan fingerprint density at radius 1 is 0.875 bits per heavy atom. The summed E-state index contributed by atoms with van der Waals surface area (Å²) in [6.07, 6.45) is -7.77. The molecule has 0 radical (unpaired) electrons. The highest BCUT2D eigenvalue weighted by Crippen LogP contribution is 2.37. The molecule has 2 aromatic rings. The molecule has 0 saturated carbocycles. The number of aromatic hydroxyl groups is 1. The van der Waals surface area contributed by atoms with Crippen LogP contribution in [-0.2, 0) is 33.3 Å². The van der Waals surface area contributed by atoms with Crippen molar-refractivity contribution in [1.82, 2.24) is 0 Å². The van der Waals surface area contributed by atoms with Crippen molar-refractivity contribution in [3.8, 4) is 17.2 Å². The molecule has 0 spiro atoms. The van der Waals surface area contributed by atoms with E-state index in [4.69, 9.17) is 28.4 Å². The minimum atomic E-state index is -1.74. The smallest absolute Gasteiger partial charge is 0.343 e. The number of aliphatic hydroxyl groups excluding tert-OH is 1. The zero-order valence-corrected chi connectivity index (χ0v) is 22.0. The molecule has 214 valence electrons. The predicted octanol–water partition coefficient (Wildman–Crippen LogP) is 1.71. The lowest BCUT2D eigenvalue weighted by Crippen LogP contribution is -2.62. The van der Waals surface area contributed by atoms with Gasteiger partial charge >= 0.3 is 23.9 Å². The van der Waals surface area contributed by atoms with Crippen molar-refractivity contribution in [3.63, 3.8) is 0 Å². The van der Waals surface area contributed by atoms with Gasteiger partial charge in [-0.2, -0.15) is 0 Å². The Bertz CT molecular complexity index is 1270. The molecular weight excluding hydrogens is 532 g/mol. The van der Waals surface area contributed by atoms with Crippen LogP contribution < -0.4 is 9.47 Å². The van der Waals surface area contributed by atoms with E-state index in [-0.39, 0.29) is 22.6 Å². The summed E-state index contributed by atoms with van der Waals surface area (Å²) in [5, 5.41) is 21.6. The Morgan fingerprint density at radius 3 is 2.08 bits per heavy atom. The summed E-state index contributed by atoms with van der Waals surface area (Å²) >= 11 is 0. The van der Waals surface area contributed by atoms with Crippen LogP contribution in [0.2, 0.25) is 0 Å². The Labute approximate surface area is 228 Å². The van der Waals surface area contributed by atoms with Gasteiger partial charge in [-0.05, 0) is 19.1 Å². The van der Waals surface area contributed by atoms with E-state index in [1.165, 1.54) is 12.1 Å². The summed E-state index contributed by atoms with van der Waals surface area (Å²) in [6, 6.07) is 10.1. The molecule has 0 unspecified atom stereocenters. The fraction of sp³-hybridized carbons (Fsp3) is 0.370. The number of aliphatic hydroxyl groups is 1. The molecule has 1 aliphatic rings. The molecule has 0 amide bonds. The SMILES string of the molecule is CC(=O)OC[C@@H]1O[C@H](Oc2cc(OC(=O)c3ccccc3)cc(O)c2C(C)=O)[C@@H](OC(C)=O)[C@H](O)[C@H]1OC(C)=O. The van der Waals surface area contributed by atoms with Crippen LogP contribution in [0.4, 0.5) is 0 Å². The lowest BCUT2D eigenvalue weighted by molar-refractivity contribution is -0.285. The van der Waals surface area contributed by atoms with E-state index in [0.29, 0.717) is 0 Å². The van der Waals surface area contributed by atoms with Crippen molar-refractivity contribution in [2.75, 3.05) is 6.61 Å². The standard InChI is InChI=1S/C27H28O13/c1-13(28)22-19(32)10-18(38-26(34)17-8-6-5-7-9-17)11-20(22)39-27-25(37-16(4)31)23(33)24(36-15(3)30)21(40-27)12-35-14(2)29/h5-11,21,23-25,27,32-33H,12H2,1-4H3/t21-,23+,24-,25-,27-/m0/s1. The maximum Gasteiger partial charge on any atom is 0.343 e. The van der Waals surface area contributed by atoms with Crippen molar-refractivity contribution in [2.24, 2.45) is 0 Å². The highest BCUT2D eigenvalue weighted by atomic mass is 16.7. The van der Waals surface area contributed by atoms with E-state index >= 15 is 0 Å². The molecular formula is C27H28O13. The summed E-state index contributed by atoms with van der Waals surface area (Å²) in [5.41, 5.74) is -0.128. The van der Waals surface area contributed by atoms with Gasteiger partial charge in [-0.15, -0.1) is 0 Å². The zero-order chi connectivity index (χ0) is 29.6. The van der Waals surface area contributed by atoms with Gasteiger partial charge in [0.05, 0.1) is 5.56 Å². The van der Waals surface area contributed by atoms with Crippen LogP contribution in [0.1, 0.15) is 48.4 Å². The molecule has 13 nitrogen and oxygen atoms in total. The summed E-state index contributed by atoms with van der Waals surface area (Å²) in [4.78, 5) is 59.9. The van der Waals surface area contributed by atoms with Gasteiger partial charge < -0.3 is 38.6 Å². The van der Waals surface area contributed by atoms with E-state index in [9.17, 15) is 34.2 Å². The van der Waals surface area contributed by atoms with Crippen LogP contribution in [0.25, 0.3) is 0 Å². The Balaban J connectivity index is 2.00. The Hall–Kier alpha value is -4.49. The van der Waals surface area contributed by atoms with Crippen LogP contribution in [0.5, 0.6) is 17.2 Å². The second-order valence-electron chi connectivity index (χ2n) is 8.73. The number of Topliss-reactive ketones (excluding diaryl/α,β-unsaturated/α-hetero) is 1. The molecule has 13 heteroatoms. The number of phenols is 1. The normalized spacial score (nSPS) is 22.0. The van der Waals surface area contributed by atoms with E-state index in [1.54, 1.807) is 18.2 Å². The highest BCUT2D eigenvalue weighted by Gasteiger charge is 2.51. The topological polar surface area (TPSA) is 181 Å². The number of esters is 4. The van der Waals surface area contributed by atoms with Crippen LogP contribution in [0.3, 0.4) is 0 Å². The van der Waals surface area contributed by atoms with E-state index in [1.807, 2.05) is 0 Å². The first-order valence-corrected chi connectivity index (χ1v) is 12.0. The molecule has 0 aromatic heterocycles. The lowest BCUT2D eigenvalue weighted by atomic mass is 9.98. The maximum absolute atomic E-state index is 12.5. The van der Waals surface area contributed by atoms with Crippen molar-refractivity contribution < 1.29 is 62.6 Å². The van der Waals surface area contributed by atoms with Crippen molar-refractivity contribution in [3.05, 3.63) is 53.6 Å². The average Bonchev–Trinajstić information content (AvgIpc) is 2.86. The number of benzene rings is 2. The molecule has 5 atom stereocenters. The molecule has 0 aliphatic carbocycles. The number of rotatable bonds is 9. The van der Waals surface area contributed by atoms with Crippen molar-refractivity contribution >= 4 is 29.7 Å². The average molecular weight is 561 g/mol. The van der Waals surface area contributed by atoms with Crippen molar-refractivity contribution in [2.45, 2.75) is 58.4 Å². The monoisotopic (exact) mass is 560 g/mol. The lowest BCUT2D eigenvalue weighted by Gasteiger charge is -2.42. The Morgan fingerprint density at radius 2 is 1.50 bits per heavy atom. The third-order valence-corrected chi connectivity index (χ3v) is 5.54. The van der Waals surface area contributed by atoms with E-state index in [0.717, 1.165) is 39.8 Å². The van der Waals surface area contributed by atoms with Crippen LogP contribution in [0.15, 0.2) is 42.5 Å². The first-order valence-electron chi connectivity index (χ1n) is 12.0. The summed E-state index contributed by atoms with van der Waals surface area (Å²) in [5.74, 6) is -4.95. The van der Waals surface area contributed by atoms with Crippen LogP contribution in [-0.4, -0.2) is 77.2 Å². The zero-order valence-electron chi connectivity index (χ0n) is 22.0. The van der Waals surface area contributed by atoms with Crippen molar-refractivity contribution in [1.29, 1.82) is 0 Å². The number of hydrogen-bond donors (Lipinski definition) is 2. The maximum atomic E-state index is 12.5. The van der Waals surface area contributed by atoms with E-state index in [2.05, 4.69) is 0 Å². The Kier molecular flexibility index (Phi) is 9.80. The molecule has 2 N–H and O–H groups in total. The predicted molar refractivity (Wildman–Crippen MR) is 133 cm³/mol. The van der Waals surface area contributed by atoms with Gasteiger partial charge in [0.25, 0.3) is 0 Å². The van der Waals surface area contributed by atoms with Gasteiger partial charge in [-0.1, -0.05) is 18.2 Å². The molecule has 1 aliphatic heterocycles. The summed E-state index contributed by atoms with van der Waals surface area (Å²) in [7, 11) is 0. The van der Waals surface area contributed by atoms with Gasteiger partial charge in [-0.3, -0.25) is 19.2 Å². The number of ether oxygens (including phenoxy) is 6. The molecule has 1 heterocycles. The first-order chi connectivity index (χ1) is 18.9. The third-order valence-electron chi connectivity index (χ3n) is 5.54. The first kappa shape index (κ1) is 30.1. The fourth-order valence-electron chi connectivity index (χ4n) is 3.92. The number of carbonyl (C=O) groups is 5. The van der Waals surface area contributed by atoms with Crippen LogP contribution in [0, 0.1) is 0 Å². The fourth-order valence-corrected chi connectivity index (χ4v) is 3.92. The third kappa shape index (κ3) is 7.55. The molecule has 2 aromatic carbocycles. The van der Waals surface area contributed by atoms with Gasteiger partial charge in [0, 0.05) is 32.9 Å². The highest BCUT2D eigenvalue weighted by molar-refractivity contribution is 6.00. The van der Waals surface area contributed by atoms with Gasteiger partial charge in [0.1, 0.15) is 41.6 Å². The van der Waals surface area contributed by atoms with E-state index < -0.39 is 72.7 Å². The largest absolute Gasteiger partial charge is 0.507 e. The minimum absolute atomic E-state index is 0.207. The van der Waals surface area contributed by atoms with Gasteiger partial charge in [0.15, 0.2) is 18.0 Å². The van der Waals surface area contributed by atoms with Gasteiger partial charge in [0.2, 0.25) is 6.29 Å². The molecule has 0 bridgehead atoms. The molecule has 40 heavy (non-hydrogen) atoms. The molecule has 3 rings (SSSR count).